The van der Waals surface area contributed by atoms with Crippen molar-refractivity contribution in [3.63, 3.8) is 0 Å². The van der Waals surface area contributed by atoms with Gasteiger partial charge in [0.15, 0.2) is 0 Å². The fourth-order valence-corrected chi connectivity index (χ4v) is 3.99. The van der Waals surface area contributed by atoms with Gasteiger partial charge in [-0.2, -0.15) is 0 Å². The Labute approximate surface area is 122 Å². The SMILES string of the molecule is CNc1ncc(Br)cc1S(=O)(=O)NCC1(C)CCC1. The number of hydrogen-bond acceptors (Lipinski definition) is 4. The van der Waals surface area contributed by atoms with Crippen LogP contribution in [0, 0.1) is 5.41 Å². The molecule has 0 spiro atoms. The number of anilines is 1. The van der Waals surface area contributed by atoms with Crippen LogP contribution in [0.1, 0.15) is 26.2 Å². The molecular weight excluding hydrogens is 330 g/mol. The first-order valence-corrected chi connectivity index (χ1v) is 8.47. The predicted octanol–water partition coefficient (Wildman–Crippen LogP) is 2.35. The third-order valence-electron chi connectivity index (χ3n) is 3.60. The molecule has 0 radical (unpaired) electrons. The molecule has 1 fully saturated rings. The molecule has 1 saturated carbocycles. The molecule has 0 aromatic carbocycles. The molecule has 0 saturated heterocycles. The Hall–Kier alpha value is -0.660. The van der Waals surface area contributed by atoms with Crippen molar-refractivity contribution in [1.82, 2.24) is 9.71 Å². The minimum atomic E-state index is -3.54. The van der Waals surface area contributed by atoms with Crippen LogP contribution in [-0.4, -0.2) is 27.0 Å². The maximum Gasteiger partial charge on any atom is 0.244 e. The van der Waals surface area contributed by atoms with Crippen molar-refractivity contribution in [2.24, 2.45) is 5.41 Å². The summed E-state index contributed by atoms with van der Waals surface area (Å²) in [5, 5.41) is 2.80. The third-order valence-corrected chi connectivity index (χ3v) is 5.44. The molecule has 0 atom stereocenters. The fraction of sp³-hybridized carbons (Fsp3) is 0.583. The standard InChI is InChI=1S/C12H18BrN3O2S/c1-12(4-3-5-12)8-16-19(17,18)10-6-9(13)7-15-11(10)14-2/h6-7,16H,3-5,8H2,1-2H3,(H,14,15). The summed E-state index contributed by atoms with van der Waals surface area (Å²) in [6.45, 7) is 2.59. The molecule has 1 aromatic rings. The van der Waals surface area contributed by atoms with Crippen molar-refractivity contribution in [2.45, 2.75) is 31.1 Å². The lowest BCUT2D eigenvalue weighted by Gasteiger charge is -2.38. The zero-order valence-corrected chi connectivity index (χ0v) is 13.4. The Bertz CT molecular complexity index is 570. The molecule has 1 aliphatic rings. The summed E-state index contributed by atoms with van der Waals surface area (Å²) < 4.78 is 28.0. The number of rotatable bonds is 5. The molecule has 2 rings (SSSR count). The number of hydrogen-bond donors (Lipinski definition) is 2. The molecule has 5 nitrogen and oxygen atoms in total. The number of halogens is 1. The van der Waals surface area contributed by atoms with Crippen LogP contribution < -0.4 is 10.0 Å². The second-order valence-electron chi connectivity index (χ2n) is 5.24. The van der Waals surface area contributed by atoms with Crippen LogP contribution in [-0.2, 0) is 10.0 Å². The van der Waals surface area contributed by atoms with E-state index in [1.165, 1.54) is 6.42 Å². The van der Waals surface area contributed by atoms with E-state index in [1.807, 2.05) is 0 Å². The Morgan fingerprint density at radius 1 is 1.47 bits per heavy atom. The summed E-state index contributed by atoms with van der Waals surface area (Å²) in [6.07, 6.45) is 4.90. The van der Waals surface area contributed by atoms with E-state index in [0.717, 1.165) is 12.8 Å². The topological polar surface area (TPSA) is 71.1 Å². The van der Waals surface area contributed by atoms with Gasteiger partial charge in [-0.05, 0) is 40.3 Å². The monoisotopic (exact) mass is 347 g/mol. The Kier molecular flexibility index (Phi) is 4.17. The third kappa shape index (κ3) is 3.27. The van der Waals surface area contributed by atoms with Crippen molar-refractivity contribution in [3.8, 4) is 0 Å². The van der Waals surface area contributed by atoms with Crippen LogP contribution in [0.4, 0.5) is 5.82 Å². The molecule has 2 N–H and O–H groups in total. The largest absolute Gasteiger partial charge is 0.372 e. The highest BCUT2D eigenvalue weighted by molar-refractivity contribution is 9.10. The normalized spacial score (nSPS) is 17.8. The summed E-state index contributed by atoms with van der Waals surface area (Å²) >= 11 is 3.25. The Morgan fingerprint density at radius 3 is 2.68 bits per heavy atom. The van der Waals surface area contributed by atoms with Gasteiger partial charge in [-0.1, -0.05) is 13.3 Å². The van der Waals surface area contributed by atoms with Gasteiger partial charge in [-0.25, -0.2) is 18.1 Å². The van der Waals surface area contributed by atoms with Crippen LogP contribution in [0.3, 0.4) is 0 Å². The van der Waals surface area contributed by atoms with Gasteiger partial charge in [-0.15, -0.1) is 0 Å². The minimum absolute atomic E-state index is 0.103. The molecule has 7 heteroatoms. The van der Waals surface area contributed by atoms with Crippen molar-refractivity contribution < 1.29 is 8.42 Å². The molecule has 106 valence electrons. The average molecular weight is 348 g/mol. The number of sulfonamides is 1. The zero-order chi connectivity index (χ0) is 14.1. The molecule has 1 aliphatic carbocycles. The van der Waals surface area contributed by atoms with E-state index in [1.54, 1.807) is 19.3 Å². The maximum atomic E-state index is 12.3. The van der Waals surface area contributed by atoms with Gasteiger partial charge in [0.05, 0.1) is 0 Å². The summed E-state index contributed by atoms with van der Waals surface area (Å²) in [5.41, 5.74) is 0.103. The van der Waals surface area contributed by atoms with Crippen LogP contribution in [0.25, 0.3) is 0 Å². The van der Waals surface area contributed by atoms with E-state index in [9.17, 15) is 8.42 Å². The van der Waals surface area contributed by atoms with Gasteiger partial charge in [0.2, 0.25) is 10.0 Å². The fourth-order valence-electron chi connectivity index (χ4n) is 2.12. The quantitative estimate of drug-likeness (QED) is 0.857. The predicted molar refractivity (Wildman–Crippen MR) is 78.6 cm³/mol. The number of pyridine rings is 1. The van der Waals surface area contributed by atoms with E-state index in [0.29, 0.717) is 16.8 Å². The molecule has 0 bridgehead atoms. The Balaban J connectivity index is 2.21. The van der Waals surface area contributed by atoms with Gasteiger partial charge < -0.3 is 5.32 Å². The first-order valence-electron chi connectivity index (χ1n) is 6.19. The smallest absolute Gasteiger partial charge is 0.244 e. The first kappa shape index (κ1) is 14.7. The van der Waals surface area contributed by atoms with E-state index in [-0.39, 0.29) is 10.3 Å². The molecular formula is C12H18BrN3O2S. The van der Waals surface area contributed by atoms with Crippen molar-refractivity contribution in [1.29, 1.82) is 0 Å². The van der Waals surface area contributed by atoms with Crippen molar-refractivity contribution in [3.05, 3.63) is 16.7 Å². The molecule has 1 aromatic heterocycles. The van der Waals surface area contributed by atoms with Gasteiger partial charge >= 0.3 is 0 Å². The van der Waals surface area contributed by atoms with Gasteiger partial charge in [-0.3, -0.25) is 0 Å². The van der Waals surface area contributed by atoms with Crippen LogP contribution >= 0.6 is 15.9 Å². The second kappa shape index (κ2) is 5.38. The lowest BCUT2D eigenvalue weighted by Crippen LogP contribution is -2.40. The van der Waals surface area contributed by atoms with Gasteiger partial charge in [0.25, 0.3) is 0 Å². The molecule has 0 unspecified atom stereocenters. The lowest BCUT2D eigenvalue weighted by molar-refractivity contribution is 0.166. The van der Waals surface area contributed by atoms with Crippen molar-refractivity contribution >= 4 is 31.8 Å². The molecule has 0 aliphatic heterocycles. The van der Waals surface area contributed by atoms with E-state index < -0.39 is 10.0 Å². The van der Waals surface area contributed by atoms with E-state index in [2.05, 4.69) is 37.9 Å². The number of nitrogens with zero attached hydrogens (tertiary/aromatic N) is 1. The van der Waals surface area contributed by atoms with Gasteiger partial charge in [0, 0.05) is 24.3 Å². The molecule has 19 heavy (non-hydrogen) atoms. The maximum absolute atomic E-state index is 12.3. The van der Waals surface area contributed by atoms with Crippen LogP contribution in [0.5, 0.6) is 0 Å². The Morgan fingerprint density at radius 2 is 2.16 bits per heavy atom. The van der Waals surface area contributed by atoms with Gasteiger partial charge in [0.1, 0.15) is 10.7 Å². The van der Waals surface area contributed by atoms with Crippen LogP contribution in [0.2, 0.25) is 0 Å². The summed E-state index contributed by atoms with van der Waals surface area (Å²) in [5.74, 6) is 0.356. The average Bonchev–Trinajstić information content (AvgIpc) is 2.34. The molecule has 0 amide bonds. The van der Waals surface area contributed by atoms with E-state index >= 15 is 0 Å². The molecule has 1 heterocycles. The lowest BCUT2D eigenvalue weighted by atomic mass is 9.71. The van der Waals surface area contributed by atoms with Crippen LogP contribution in [0.15, 0.2) is 21.6 Å². The first-order chi connectivity index (χ1) is 8.86. The highest BCUT2D eigenvalue weighted by Gasteiger charge is 2.33. The number of aromatic nitrogens is 1. The highest BCUT2D eigenvalue weighted by Crippen LogP contribution is 2.39. The highest BCUT2D eigenvalue weighted by atomic mass is 79.9. The zero-order valence-electron chi connectivity index (χ0n) is 11.0. The van der Waals surface area contributed by atoms with E-state index in [4.69, 9.17) is 0 Å². The summed E-state index contributed by atoms with van der Waals surface area (Å²) in [6, 6.07) is 1.56. The second-order valence-corrected chi connectivity index (χ2v) is 7.89. The minimum Gasteiger partial charge on any atom is -0.372 e. The summed E-state index contributed by atoms with van der Waals surface area (Å²) in [4.78, 5) is 4.24. The number of nitrogens with one attached hydrogen (secondary N) is 2. The summed E-state index contributed by atoms with van der Waals surface area (Å²) in [7, 11) is -1.88. The van der Waals surface area contributed by atoms with Crippen molar-refractivity contribution in [2.75, 3.05) is 18.9 Å².